The van der Waals surface area contributed by atoms with Crippen LogP contribution < -0.4 is 15.8 Å². The maximum absolute atomic E-state index is 12.7. The van der Waals surface area contributed by atoms with Gasteiger partial charge in [0.1, 0.15) is 10.8 Å². The minimum atomic E-state index is -0.673. The van der Waals surface area contributed by atoms with E-state index >= 15 is 0 Å². The van der Waals surface area contributed by atoms with E-state index in [2.05, 4.69) is 15.5 Å². The zero-order valence-electron chi connectivity index (χ0n) is 20.9. The molecule has 0 unspecified atom stereocenters. The molecule has 10 nitrogen and oxygen atoms in total. The first-order chi connectivity index (χ1) is 17.8. The van der Waals surface area contributed by atoms with Gasteiger partial charge in [-0.05, 0) is 69.4 Å². The van der Waals surface area contributed by atoms with E-state index in [1.165, 1.54) is 24.6 Å². The van der Waals surface area contributed by atoms with E-state index in [0.29, 0.717) is 22.6 Å². The number of hydrogen-bond donors (Lipinski definition) is 2. The number of nitrogens with one attached hydrogen (secondary N) is 1. The molecule has 0 radical (unpaired) electrons. The molecule has 0 spiro atoms. The molecule has 1 aliphatic carbocycles. The van der Waals surface area contributed by atoms with E-state index in [-0.39, 0.29) is 33.7 Å². The van der Waals surface area contributed by atoms with Gasteiger partial charge in [0.2, 0.25) is 5.91 Å². The lowest BCUT2D eigenvalue weighted by Crippen LogP contribution is -2.17. The largest absolute Gasteiger partial charge is 0.490 e. The molecule has 0 atom stereocenters. The average molecular weight is 544 g/mol. The van der Waals surface area contributed by atoms with Gasteiger partial charge in [-0.3, -0.25) is 9.59 Å². The van der Waals surface area contributed by atoms with Crippen molar-refractivity contribution in [3.05, 3.63) is 40.3 Å². The molecule has 1 aliphatic rings. The van der Waals surface area contributed by atoms with Crippen LogP contribution in [0.5, 0.6) is 5.75 Å². The highest BCUT2D eigenvalue weighted by molar-refractivity contribution is 7.99. The average Bonchev–Trinajstić information content (AvgIpc) is 3.58. The summed E-state index contributed by atoms with van der Waals surface area (Å²) in [7, 11) is 1.83. The van der Waals surface area contributed by atoms with Crippen LogP contribution >= 0.6 is 23.1 Å². The van der Waals surface area contributed by atoms with Crippen molar-refractivity contribution in [2.75, 3.05) is 17.7 Å². The lowest BCUT2D eigenvalue weighted by atomic mass is 10.1. The van der Waals surface area contributed by atoms with Gasteiger partial charge in [-0.25, -0.2) is 4.79 Å². The Balaban J connectivity index is 1.40. The minimum absolute atomic E-state index is 0.0191. The molecule has 3 N–H and O–H groups in total. The summed E-state index contributed by atoms with van der Waals surface area (Å²) in [5, 5.41) is 12.0. The standard InChI is InChI=1S/C25H29N5O5S2/c1-4-34-24(33)19-14(2)20(21(26)32)37-23(19)27-18(31)13-36-25-29-28-22(30(25)3)15-9-11-17(12-10-15)35-16-7-5-6-8-16/h9-12,16H,4-8,13H2,1-3H3,(H2,26,32)(H,27,31). The molecule has 2 amide bonds. The number of amides is 2. The lowest BCUT2D eigenvalue weighted by molar-refractivity contribution is -0.113. The van der Waals surface area contributed by atoms with E-state index in [0.717, 1.165) is 35.5 Å². The van der Waals surface area contributed by atoms with E-state index in [1.807, 2.05) is 35.9 Å². The van der Waals surface area contributed by atoms with Crippen molar-refractivity contribution in [3.8, 4) is 17.1 Å². The molecule has 0 bridgehead atoms. The third kappa shape index (κ3) is 6.13. The predicted molar refractivity (Wildman–Crippen MR) is 142 cm³/mol. The molecular weight excluding hydrogens is 514 g/mol. The second kappa shape index (κ2) is 11.8. The summed E-state index contributed by atoms with van der Waals surface area (Å²) in [5.74, 6) is -0.136. The smallest absolute Gasteiger partial charge is 0.341 e. The monoisotopic (exact) mass is 543 g/mol. The van der Waals surface area contributed by atoms with Gasteiger partial charge in [0.25, 0.3) is 5.91 Å². The fourth-order valence-electron chi connectivity index (χ4n) is 4.15. The maximum Gasteiger partial charge on any atom is 0.341 e. The Morgan fingerprint density at radius 3 is 2.54 bits per heavy atom. The lowest BCUT2D eigenvalue weighted by Gasteiger charge is -2.13. The van der Waals surface area contributed by atoms with Gasteiger partial charge in [-0.15, -0.1) is 21.5 Å². The number of primary amides is 1. The second-order valence-corrected chi connectivity index (χ2v) is 10.6. The Morgan fingerprint density at radius 1 is 1.19 bits per heavy atom. The number of aromatic nitrogens is 3. The van der Waals surface area contributed by atoms with Crippen molar-refractivity contribution in [3.63, 3.8) is 0 Å². The van der Waals surface area contributed by atoms with E-state index in [1.54, 1.807) is 13.8 Å². The van der Waals surface area contributed by atoms with Crippen LogP contribution in [0.15, 0.2) is 29.4 Å². The van der Waals surface area contributed by atoms with E-state index in [9.17, 15) is 14.4 Å². The van der Waals surface area contributed by atoms with E-state index < -0.39 is 11.9 Å². The van der Waals surface area contributed by atoms with Crippen LogP contribution in [0.3, 0.4) is 0 Å². The molecule has 12 heteroatoms. The van der Waals surface area contributed by atoms with Gasteiger partial charge >= 0.3 is 5.97 Å². The number of hydrogen-bond acceptors (Lipinski definition) is 9. The molecule has 37 heavy (non-hydrogen) atoms. The molecular formula is C25H29N5O5S2. The highest BCUT2D eigenvalue weighted by Gasteiger charge is 2.26. The van der Waals surface area contributed by atoms with Gasteiger partial charge in [-0.1, -0.05) is 11.8 Å². The van der Waals surface area contributed by atoms with Crippen molar-refractivity contribution in [1.29, 1.82) is 0 Å². The van der Waals surface area contributed by atoms with Crippen molar-refractivity contribution in [2.45, 2.75) is 50.8 Å². The minimum Gasteiger partial charge on any atom is -0.490 e. The number of rotatable bonds is 10. The topological polar surface area (TPSA) is 138 Å². The van der Waals surface area contributed by atoms with Gasteiger partial charge < -0.3 is 25.1 Å². The van der Waals surface area contributed by atoms with Crippen LogP contribution in [0, 0.1) is 6.92 Å². The molecule has 3 aromatic rings. The van der Waals surface area contributed by atoms with Crippen LogP contribution in [-0.2, 0) is 16.6 Å². The van der Waals surface area contributed by atoms with Crippen LogP contribution in [0.2, 0.25) is 0 Å². The first kappa shape index (κ1) is 26.7. The number of carbonyl (C=O) groups is 3. The number of benzene rings is 1. The third-order valence-electron chi connectivity index (χ3n) is 5.99. The number of thioether (sulfide) groups is 1. The van der Waals surface area contributed by atoms with Gasteiger partial charge in [0.15, 0.2) is 11.0 Å². The van der Waals surface area contributed by atoms with Gasteiger partial charge in [0.05, 0.1) is 28.9 Å². The first-order valence-corrected chi connectivity index (χ1v) is 13.8. The Kier molecular flexibility index (Phi) is 8.49. The molecule has 2 heterocycles. The van der Waals surface area contributed by atoms with E-state index in [4.69, 9.17) is 15.2 Å². The zero-order chi connectivity index (χ0) is 26.5. The molecule has 1 fully saturated rings. The Bertz CT molecular complexity index is 1300. The summed E-state index contributed by atoms with van der Waals surface area (Å²) in [6.07, 6.45) is 4.93. The molecule has 0 saturated heterocycles. The van der Waals surface area contributed by atoms with Crippen LogP contribution in [0.4, 0.5) is 5.00 Å². The number of nitrogens with two attached hydrogens (primary N) is 1. The maximum atomic E-state index is 12.7. The first-order valence-electron chi connectivity index (χ1n) is 12.0. The number of ether oxygens (including phenoxy) is 2. The molecule has 196 valence electrons. The number of carbonyl (C=O) groups excluding carboxylic acids is 3. The van der Waals surface area contributed by atoms with Gasteiger partial charge in [0, 0.05) is 12.6 Å². The van der Waals surface area contributed by atoms with Crippen LogP contribution in [-0.4, -0.2) is 51.0 Å². The fourth-order valence-corrected chi connectivity index (χ4v) is 5.93. The molecule has 4 rings (SSSR count). The van der Waals surface area contributed by atoms with Crippen molar-refractivity contribution < 1.29 is 23.9 Å². The Labute approximate surface area is 222 Å². The third-order valence-corrected chi connectivity index (χ3v) is 8.23. The van der Waals surface area contributed by atoms with Crippen LogP contribution in [0.25, 0.3) is 11.4 Å². The normalized spacial score (nSPS) is 13.5. The summed E-state index contributed by atoms with van der Waals surface area (Å²) >= 11 is 2.16. The zero-order valence-corrected chi connectivity index (χ0v) is 22.5. The fraction of sp³-hybridized carbons (Fsp3) is 0.400. The number of esters is 1. The highest BCUT2D eigenvalue weighted by Crippen LogP contribution is 2.34. The summed E-state index contributed by atoms with van der Waals surface area (Å²) in [5.41, 5.74) is 6.84. The summed E-state index contributed by atoms with van der Waals surface area (Å²) in [6, 6.07) is 7.77. The molecule has 0 aliphatic heterocycles. The summed E-state index contributed by atoms with van der Waals surface area (Å²) < 4.78 is 12.9. The predicted octanol–water partition coefficient (Wildman–Crippen LogP) is 4.18. The Hall–Kier alpha value is -3.38. The van der Waals surface area contributed by atoms with Gasteiger partial charge in [-0.2, -0.15) is 0 Å². The van der Waals surface area contributed by atoms with Crippen LogP contribution in [0.1, 0.15) is 58.2 Å². The highest BCUT2D eigenvalue weighted by atomic mass is 32.2. The summed E-state index contributed by atoms with van der Waals surface area (Å²) in [6.45, 7) is 3.44. The van der Waals surface area contributed by atoms with Crippen molar-refractivity contribution >= 4 is 45.9 Å². The van der Waals surface area contributed by atoms with Crippen molar-refractivity contribution in [1.82, 2.24) is 14.8 Å². The molecule has 1 saturated carbocycles. The molecule has 1 aromatic carbocycles. The number of anilines is 1. The Morgan fingerprint density at radius 2 is 1.89 bits per heavy atom. The number of thiophene rings is 1. The quantitative estimate of drug-likeness (QED) is 0.287. The summed E-state index contributed by atoms with van der Waals surface area (Å²) in [4.78, 5) is 37.1. The molecule has 2 aromatic heterocycles. The SMILES string of the molecule is CCOC(=O)c1c(NC(=O)CSc2nnc(-c3ccc(OC4CCCC4)cc3)n2C)sc(C(N)=O)c1C. The number of nitrogens with zero attached hydrogens (tertiary/aromatic N) is 3. The van der Waals surface area contributed by atoms with Crippen molar-refractivity contribution in [2.24, 2.45) is 12.8 Å². The second-order valence-electron chi connectivity index (χ2n) is 8.60.